The molecule has 2 aliphatic heterocycles. The number of carbonyl (C=O) groups is 1. The number of fused-ring (bicyclic) bond motifs is 5. The van der Waals surface area contributed by atoms with Gasteiger partial charge in [-0.15, -0.1) is 0 Å². The molecule has 1 aliphatic carbocycles. The van der Waals surface area contributed by atoms with Gasteiger partial charge in [-0.1, -0.05) is 0 Å². The normalized spacial score (nSPS) is 24.6. The fourth-order valence-electron chi connectivity index (χ4n) is 5.26. The lowest BCUT2D eigenvalue weighted by Gasteiger charge is -2.41. The second-order valence-electron chi connectivity index (χ2n) is 8.20. The number of carbonyl (C=O) groups excluding carboxylic acids is 1. The quantitative estimate of drug-likeness (QED) is 0.632. The molecule has 1 fully saturated rings. The van der Waals surface area contributed by atoms with Crippen molar-refractivity contribution in [2.45, 2.75) is 18.9 Å². The second kappa shape index (κ2) is 7.78. The number of hydrogen-bond donors (Lipinski definition) is 0. The Labute approximate surface area is 186 Å². The molecule has 0 N–H and O–H groups in total. The van der Waals surface area contributed by atoms with Crippen molar-refractivity contribution in [1.82, 2.24) is 0 Å². The third-order valence-electron chi connectivity index (χ3n) is 6.66. The molecule has 32 heavy (non-hydrogen) atoms. The van der Waals surface area contributed by atoms with Gasteiger partial charge in [0, 0.05) is 12.8 Å². The van der Waals surface area contributed by atoms with Gasteiger partial charge in [0.25, 0.3) is 0 Å². The van der Waals surface area contributed by atoms with Gasteiger partial charge >= 0.3 is 5.97 Å². The van der Waals surface area contributed by atoms with Crippen LogP contribution in [0.4, 0.5) is 0 Å². The Morgan fingerprint density at radius 3 is 2.34 bits per heavy atom. The van der Waals surface area contributed by atoms with Crippen molar-refractivity contribution in [3.05, 3.63) is 41.0 Å². The average molecular weight is 442 g/mol. The fourth-order valence-corrected chi connectivity index (χ4v) is 5.26. The first kappa shape index (κ1) is 20.8. The minimum atomic E-state index is -0.874. The van der Waals surface area contributed by atoms with E-state index in [1.54, 1.807) is 21.3 Å². The SMILES string of the molecule is COc1cc([C@]23OC[C@H](Cc4cc5c(cc42)OCO5)[C@@H]3COC(C)=O)cc(OC)c1OC. The van der Waals surface area contributed by atoms with Gasteiger partial charge in [-0.2, -0.15) is 0 Å². The van der Waals surface area contributed by atoms with Crippen LogP contribution in [-0.4, -0.2) is 47.3 Å². The molecule has 3 atom stereocenters. The maximum absolute atomic E-state index is 11.7. The maximum Gasteiger partial charge on any atom is 0.302 e. The Kier molecular flexibility index (Phi) is 5.04. The molecular formula is C24H26O8. The molecule has 0 aromatic heterocycles. The van der Waals surface area contributed by atoms with E-state index in [4.69, 9.17) is 33.2 Å². The van der Waals surface area contributed by atoms with Crippen molar-refractivity contribution in [1.29, 1.82) is 0 Å². The Morgan fingerprint density at radius 2 is 1.72 bits per heavy atom. The van der Waals surface area contributed by atoms with E-state index in [1.165, 1.54) is 6.92 Å². The molecule has 5 rings (SSSR count). The Bertz CT molecular complexity index is 1040. The molecule has 3 aliphatic rings. The van der Waals surface area contributed by atoms with Crippen LogP contribution in [0.3, 0.4) is 0 Å². The lowest BCUT2D eigenvalue weighted by atomic mass is 9.65. The first-order valence-electron chi connectivity index (χ1n) is 10.5. The largest absolute Gasteiger partial charge is 0.493 e. The zero-order valence-corrected chi connectivity index (χ0v) is 18.6. The third kappa shape index (κ3) is 2.97. The summed E-state index contributed by atoms with van der Waals surface area (Å²) >= 11 is 0. The van der Waals surface area contributed by atoms with Crippen LogP contribution < -0.4 is 23.7 Å². The molecule has 0 amide bonds. The van der Waals surface area contributed by atoms with Crippen LogP contribution in [0.25, 0.3) is 0 Å². The van der Waals surface area contributed by atoms with Crippen LogP contribution in [0, 0.1) is 11.8 Å². The fraction of sp³-hybridized carbons (Fsp3) is 0.458. The Morgan fingerprint density at radius 1 is 1.03 bits per heavy atom. The summed E-state index contributed by atoms with van der Waals surface area (Å²) < 4.78 is 40.2. The summed E-state index contributed by atoms with van der Waals surface area (Å²) in [6.45, 7) is 2.38. The molecule has 2 aromatic carbocycles. The first-order chi connectivity index (χ1) is 15.5. The van der Waals surface area contributed by atoms with E-state index in [0.717, 1.165) is 28.9 Å². The topological polar surface area (TPSA) is 81.7 Å². The van der Waals surface area contributed by atoms with Gasteiger partial charge in [0.2, 0.25) is 12.5 Å². The van der Waals surface area contributed by atoms with E-state index in [-0.39, 0.29) is 31.2 Å². The molecule has 8 heteroatoms. The van der Waals surface area contributed by atoms with Gasteiger partial charge in [0.05, 0.1) is 34.5 Å². The number of methoxy groups -OCH3 is 3. The number of rotatable bonds is 6. The summed E-state index contributed by atoms with van der Waals surface area (Å²) in [4.78, 5) is 11.7. The number of hydrogen-bond acceptors (Lipinski definition) is 8. The summed E-state index contributed by atoms with van der Waals surface area (Å²) in [5.41, 5.74) is 2.07. The van der Waals surface area contributed by atoms with Crippen molar-refractivity contribution in [2.75, 3.05) is 41.3 Å². The molecule has 8 nitrogen and oxygen atoms in total. The lowest BCUT2D eigenvalue weighted by Crippen LogP contribution is -2.43. The van der Waals surface area contributed by atoms with Crippen LogP contribution in [0.5, 0.6) is 28.7 Å². The molecule has 0 saturated carbocycles. The summed E-state index contributed by atoms with van der Waals surface area (Å²) in [6, 6.07) is 7.84. The molecule has 170 valence electrons. The molecule has 0 radical (unpaired) electrons. The number of esters is 1. The summed E-state index contributed by atoms with van der Waals surface area (Å²) in [5.74, 6) is 2.73. The lowest BCUT2D eigenvalue weighted by molar-refractivity contribution is -0.144. The highest BCUT2D eigenvalue weighted by Gasteiger charge is 2.57. The van der Waals surface area contributed by atoms with E-state index in [9.17, 15) is 4.79 Å². The molecule has 2 aromatic rings. The third-order valence-corrected chi connectivity index (χ3v) is 6.66. The van der Waals surface area contributed by atoms with Crippen molar-refractivity contribution in [3.63, 3.8) is 0 Å². The highest BCUT2D eigenvalue weighted by molar-refractivity contribution is 5.66. The van der Waals surface area contributed by atoms with Crippen LogP contribution in [0.2, 0.25) is 0 Å². The van der Waals surface area contributed by atoms with Gasteiger partial charge in [-0.05, 0) is 53.3 Å². The smallest absolute Gasteiger partial charge is 0.302 e. The van der Waals surface area contributed by atoms with Crippen molar-refractivity contribution in [3.8, 4) is 28.7 Å². The van der Waals surface area contributed by atoms with E-state index in [0.29, 0.717) is 29.6 Å². The van der Waals surface area contributed by atoms with Gasteiger partial charge < -0.3 is 33.2 Å². The summed E-state index contributed by atoms with van der Waals surface area (Å²) in [6.07, 6.45) is 0.796. The van der Waals surface area contributed by atoms with E-state index < -0.39 is 5.60 Å². The summed E-state index contributed by atoms with van der Waals surface area (Å²) in [5, 5.41) is 0. The maximum atomic E-state index is 11.7. The van der Waals surface area contributed by atoms with Gasteiger partial charge in [0.15, 0.2) is 23.0 Å². The number of ether oxygens (including phenoxy) is 7. The van der Waals surface area contributed by atoms with Gasteiger partial charge in [-0.25, -0.2) is 0 Å². The van der Waals surface area contributed by atoms with E-state index in [2.05, 4.69) is 0 Å². The molecule has 1 saturated heterocycles. The van der Waals surface area contributed by atoms with Crippen LogP contribution >= 0.6 is 0 Å². The minimum absolute atomic E-state index is 0.0953. The molecule has 2 bridgehead atoms. The molecule has 0 spiro atoms. The van der Waals surface area contributed by atoms with E-state index >= 15 is 0 Å². The van der Waals surface area contributed by atoms with Crippen molar-refractivity contribution < 1.29 is 38.0 Å². The highest BCUT2D eigenvalue weighted by atomic mass is 16.7. The van der Waals surface area contributed by atoms with Crippen molar-refractivity contribution >= 4 is 5.97 Å². The van der Waals surface area contributed by atoms with Crippen molar-refractivity contribution in [2.24, 2.45) is 11.8 Å². The molecule has 2 heterocycles. The van der Waals surface area contributed by atoms with Gasteiger partial charge in [0.1, 0.15) is 5.60 Å². The Hall–Kier alpha value is -3.13. The van der Waals surface area contributed by atoms with E-state index in [1.807, 2.05) is 24.3 Å². The predicted octanol–water partition coefficient (Wildman–Crippen LogP) is 3.07. The van der Waals surface area contributed by atoms with Crippen LogP contribution in [0.1, 0.15) is 23.6 Å². The second-order valence-corrected chi connectivity index (χ2v) is 8.20. The average Bonchev–Trinajstić information content (AvgIpc) is 3.36. The first-order valence-corrected chi connectivity index (χ1v) is 10.5. The Balaban J connectivity index is 1.74. The monoisotopic (exact) mass is 442 g/mol. The number of benzene rings is 2. The molecular weight excluding hydrogens is 416 g/mol. The minimum Gasteiger partial charge on any atom is -0.493 e. The predicted molar refractivity (Wildman–Crippen MR) is 113 cm³/mol. The van der Waals surface area contributed by atoms with Crippen LogP contribution in [-0.2, 0) is 26.3 Å². The zero-order valence-electron chi connectivity index (χ0n) is 18.6. The standard InChI is InChI=1S/C24H26O8/c1-13(25)29-11-18-15-5-14-6-19-20(31-12-30-19)9-17(14)24(18,32-10-15)16-7-21(26-2)23(28-4)22(8-16)27-3/h6-9,15,18H,5,10-12H2,1-4H3/t15-,18-,24-/m0/s1. The zero-order chi connectivity index (χ0) is 22.5. The van der Waals surface area contributed by atoms with Crippen LogP contribution in [0.15, 0.2) is 24.3 Å². The van der Waals surface area contributed by atoms with Gasteiger partial charge in [-0.3, -0.25) is 4.79 Å². The summed E-state index contributed by atoms with van der Waals surface area (Å²) in [7, 11) is 4.74. The molecule has 0 unspecified atom stereocenters. The highest BCUT2D eigenvalue weighted by Crippen LogP contribution is 2.58.